The average Bonchev–Trinajstić information content (AvgIpc) is 2.23. The largest absolute Gasteiger partial charge is 0.165 e. The zero-order valence-electron chi connectivity index (χ0n) is 9.34. The van der Waals surface area contributed by atoms with E-state index in [4.69, 9.17) is 0 Å². The molecule has 13 heavy (non-hydrogen) atoms. The highest BCUT2D eigenvalue weighted by Gasteiger charge is 2.06. The van der Waals surface area contributed by atoms with Crippen LogP contribution in [-0.4, -0.2) is 12.0 Å². The van der Waals surface area contributed by atoms with Crippen molar-refractivity contribution in [2.24, 2.45) is 5.92 Å². The van der Waals surface area contributed by atoms with Crippen LogP contribution in [0.3, 0.4) is 0 Å². The zero-order valence-corrected chi connectivity index (χ0v) is 10.2. The lowest BCUT2D eigenvalue weighted by atomic mass is 9.97. The van der Waals surface area contributed by atoms with E-state index in [-0.39, 0.29) is 0 Å². The maximum Gasteiger partial charge on any atom is -0.000408 e. The number of thioether (sulfide) groups is 1. The standard InChI is InChI=1S/C10H16S.C2H6/c1-9(8-11-2)10-6-4-3-5-7-10;1-2/h4,6-7,9H,3,5,8H2,1-2H3;1-2H3. The van der Waals surface area contributed by atoms with Crippen molar-refractivity contribution < 1.29 is 0 Å². The van der Waals surface area contributed by atoms with E-state index < -0.39 is 0 Å². The van der Waals surface area contributed by atoms with Crippen LogP contribution < -0.4 is 0 Å². The van der Waals surface area contributed by atoms with Gasteiger partial charge in [0.15, 0.2) is 0 Å². The maximum atomic E-state index is 2.38. The van der Waals surface area contributed by atoms with Crippen LogP contribution in [0.1, 0.15) is 33.6 Å². The number of hydrogen-bond acceptors (Lipinski definition) is 1. The zero-order chi connectivity index (χ0) is 10.1. The number of rotatable bonds is 3. The van der Waals surface area contributed by atoms with Crippen molar-refractivity contribution in [3.63, 3.8) is 0 Å². The van der Waals surface area contributed by atoms with Gasteiger partial charge in [-0.1, -0.05) is 39.0 Å². The van der Waals surface area contributed by atoms with Gasteiger partial charge in [0, 0.05) is 0 Å². The van der Waals surface area contributed by atoms with Crippen LogP contribution in [-0.2, 0) is 0 Å². The van der Waals surface area contributed by atoms with Crippen LogP contribution in [0.4, 0.5) is 0 Å². The van der Waals surface area contributed by atoms with Gasteiger partial charge in [-0.25, -0.2) is 0 Å². The van der Waals surface area contributed by atoms with Gasteiger partial charge in [-0.05, 0) is 36.3 Å². The van der Waals surface area contributed by atoms with E-state index in [1.165, 1.54) is 24.2 Å². The van der Waals surface area contributed by atoms with Gasteiger partial charge < -0.3 is 0 Å². The van der Waals surface area contributed by atoms with Gasteiger partial charge >= 0.3 is 0 Å². The molecule has 1 aliphatic carbocycles. The van der Waals surface area contributed by atoms with Gasteiger partial charge in [-0.15, -0.1) is 0 Å². The normalized spacial score (nSPS) is 17.1. The Morgan fingerprint density at radius 2 is 2.08 bits per heavy atom. The summed E-state index contributed by atoms with van der Waals surface area (Å²) in [5, 5.41) is 0. The smallest absolute Gasteiger partial charge is 0.000408 e. The summed E-state index contributed by atoms with van der Waals surface area (Å²) in [4.78, 5) is 0. The average molecular weight is 198 g/mol. The van der Waals surface area contributed by atoms with Crippen molar-refractivity contribution in [2.45, 2.75) is 33.6 Å². The Kier molecular flexibility index (Phi) is 8.32. The van der Waals surface area contributed by atoms with E-state index in [1.807, 2.05) is 25.6 Å². The van der Waals surface area contributed by atoms with Gasteiger partial charge in [0.1, 0.15) is 0 Å². The minimum Gasteiger partial charge on any atom is -0.165 e. The summed E-state index contributed by atoms with van der Waals surface area (Å²) >= 11 is 1.93. The third kappa shape index (κ3) is 5.20. The first kappa shape index (κ1) is 12.8. The lowest BCUT2D eigenvalue weighted by molar-refractivity contribution is 0.787. The Labute approximate surface area is 87.5 Å². The fourth-order valence-electron chi connectivity index (χ4n) is 1.35. The highest BCUT2D eigenvalue weighted by atomic mass is 32.2. The minimum absolute atomic E-state index is 0.738. The Morgan fingerprint density at radius 3 is 2.54 bits per heavy atom. The van der Waals surface area contributed by atoms with Gasteiger partial charge in [0.25, 0.3) is 0 Å². The summed E-state index contributed by atoms with van der Waals surface area (Å²) in [6.45, 7) is 6.30. The molecule has 0 aromatic heterocycles. The molecule has 0 nitrogen and oxygen atoms in total. The van der Waals surface area contributed by atoms with Gasteiger partial charge in [0.2, 0.25) is 0 Å². The van der Waals surface area contributed by atoms with Crippen LogP contribution >= 0.6 is 11.8 Å². The van der Waals surface area contributed by atoms with Crippen LogP contribution in [0, 0.1) is 5.92 Å². The van der Waals surface area contributed by atoms with Crippen molar-refractivity contribution in [3.05, 3.63) is 23.8 Å². The molecule has 0 radical (unpaired) electrons. The van der Waals surface area contributed by atoms with E-state index >= 15 is 0 Å². The lowest BCUT2D eigenvalue weighted by Crippen LogP contribution is -2.01. The topological polar surface area (TPSA) is 0 Å². The van der Waals surface area contributed by atoms with Crippen molar-refractivity contribution in [2.75, 3.05) is 12.0 Å². The summed E-state index contributed by atoms with van der Waals surface area (Å²) < 4.78 is 0. The van der Waals surface area contributed by atoms with Crippen molar-refractivity contribution in [3.8, 4) is 0 Å². The van der Waals surface area contributed by atoms with E-state index in [2.05, 4.69) is 31.4 Å². The predicted octanol–water partition coefficient (Wildman–Crippen LogP) is 4.29. The molecule has 0 saturated carbocycles. The lowest BCUT2D eigenvalue weighted by Gasteiger charge is -2.13. The highest BCUT2D eigenvalue weighted by molar-refractivity contribution is 7.98. The molecular weight excluding hydrogens is 176 g/mol. The Morgan fingerprint density at radius 1 is 1.38 bits per heavy atom. The molecule has 0 spiro atoms. The molecule has 0 amide bonds. The molecule has 1 atom stereocenters. The van der Waals surface area contributed by atoms with Gasteiger partial charge in [-0.3, -0.25) is 0 Å². The van der Waals surface area contributed by atoms with E-state index in [9.17, 15) is 0 Å². The molecule has 1 heteroatoms. The third-order valence-electron chi connectivity index (χ3n) is 2.01. The molecule has 1 unspecified atom stereocenters. The second kappa shape index (κ2) is 8.43. The van der Waals surface area contributed by atoms with E-state index in [1.54, 1.807) is 0 Å². The monoisotopic (exact) mass is 198 g/mol. The first-order valence-electron chi connectivity index (χ1n) is 5.20. The van der Waals surface area contributed by atoms with E-state index in [0.29, 0.717) is 0 Å². The van der Waals surface area contributed by atoms with Crippen LogP contribution in [0.2, 0.25) is 0 Å². The molecule has 0 aromatic rings. The molecule has 0 saturated heterocycles. The molecule has 0 aromatic carbocycles. The summed E-state index contributed by atoms with van der Waals surface area (Å²) in [7, 11) is 0. The number of hydrogen-bond donors (Lipinski definition) is 0. The van der Waals surface area contributed by atoms with Crippen molar-refractivity contribution >= 4 is 11.8 Å². The Hall–Kier alpha value is -0.170. The predicted molar refractivity (Wildman–Crippen MR) is 65.4 cm³/mol. The first-order chi connectivity index (χ1) is 6.34. The summed E-state index contributed by atoms with van der Waals surface area (Å²) in [5.41, 5.74) is 1.53. The molecule has 76 valence electrons. The van der Waals surface area contributed by atoms with Crippen molar-refractivity contribution in [1.29, 1.82) is 0 Å². The molecule has 0 bridgehead atoms. The molecule has 0 fully saturated rings. The van der Waals surface area contributed by atoms with Crippen molar-refractivity contribution in [1.82, 2.24) is 0 Å². The SMILES string of the molecule is CC.CSCC(C)C1=CCCC=C1. The summed E-state index contributed by atoms with van der Waals surface area (Å²) in [5.74, 6) is 1.98. The van der Waals surface area contributed by atoms with Crippen LogP contribution in [0.15, 0.2) is 23.8 Å². The molecule has 0 aliphatic heterocycles. The first-order valence-corrected chi connectivity index (χ1v) is 6.59. The molecule has 1 rings (SSSR count). The highest BCUT2D eigenvalue weighted by Crippen LogP contribution is 2.20. The molecular formula is C12H22S. The third-order valence-corrected chi connectivity index (χ3v) is 2.84. The summed E-state index contributed by atoms with van der Waals surface area (Å²) in [6.07, 6.45) is 11.6. The minimum atomic E-state index is 0.738. The second-order valence-corrected chi connectivity index (χ2v) is 3.95. The second-order valence-electron chi connectivity index (χ2n) is 3.04. The Bertz CT molecular complexity index is 168. The number of allylic oxidation sites excluding steroid dienone is 4. The quantitative estimate of drug-likeness (QED) is 0.652. The maximum absolute atomic E-state index is 2.38. The molecule has 0 heterocycles. The fourth-order valence-corrected chi connectivity index (χ4v) is 2.04. The molecule has 0 N–H and O–H groups in total. The van der Waals surface area contributed by atoms with Gasteiger partial charge in [0.05, 0.1) is 0 Å². The summed E-state index contributed by atoms with van der Waals surface area (Å²) in [6, 6.07) is 0. The van der Waals surface area contributed by atoms with E-state index in [0.717, 1.165) is 5.92 Å². The van der Waals surface area contributed by atoms with Crippen LogP contribution in [0.25, 0.3) is 0 Å². The Balaban J connectivity index is 0.000000671. The molecule has 1 aliphatic rings. The fraction of sp³-hybridized carbons (Fsp3) is 0.667. The van der Waals surface area contributed by atoms with Gasteiger partial charge in [-0.2, -0.15) is 11.8 Å². The van der Waals surface area contributed by atoms with Crippen LogP contribution in [0.5, 0.6) is 0 Å².